The minimum Gasteiger partial charge on any atom is -0.462 e. The Labute approximate surface area is 67.2 Å². The van der Waals surface area contributed by atoms with E-state index in [4.69, 9.17) is 4.74 Å². The van der Waals surface area contributed by atoms with Crippen LogP contribution in [0.4, 0.5) is 0 Å². The molecule has 0 amide bonds. The molecule has 0 N–H and O–H groups in total. The molecule has 0 saturated heterocycles. The molecule has 0 unspecified atom stereocenters. The number of carbonyl (C=O) groups excluding carboxylic acids is 1. The SMILES string of the molecule is C=C(C#CC)C(=O)OCCC. The van der Waals surface area contributed by atoms with Gasteiger partial charge in [0.15, 0.2) is 0 Å². The van der Waals surface area contributed by atoms with Crippen molar-refractivity contribution >= 4 is 5.97 Å². The molecular formula is C9H12O2. The fourth-order valence-electron chi connectivity index (χ4n) is 0.484. The van der Waals surface area contributed by atoms with Gasteiger partial charge in [0.05, 0.1) is 6.61 Å². The van der Waals surface area contributed by atoms with E-state index in [1.54, 1.807) is 6.92 Å². The predicted octanol–water partition coefficient (Wildman–Crippen LogP) is 1.52. The van der Waals surface area contributed by atoms with Gasteiger partial charge in [0.25, 0.3) is 0 Å². The van der Waals surface area contributed by atoms with Crippen molar-refractivity contribution in [1.29, 1.82) is 0 Å². The molecule has 2 heteroatoms. The zero-order chi connectivity index (χ0) is 8.69. The molecule has 0 aliphatic carbocycles. The molecule has 11 heavy (non-hydrogen) atoms. The Balaban J connectivity index is 3.81. The summed E-state index contributed by atoms with van der Waals surface area (Å²) in [5.41, 5.74) is 0.223. The number of rotatable bonds is 3. The summed E-state index contributed by atoms with van der Waals surface area (Å²) >= 11 is 0. The Morgan fingerprint density at radius 1 is 1.64 bits per heavy atom. The van der Waals surface area contributed by atoms with Gasteiger partial charge in [-0.2, -0.15) is 0 Å². The van der Waals surface area contributed by atoms with Gasteiger partial charge in [0, 0.05) is 0 Å². The maximum Gasteiger partial charge on any atom is 0.346 e. The summed E-state index contributed by atoms with van der Waals surface area (Å²) in [6.07, 6.45) is 0.818. The van der Waals surface area contributed by atoms with E-state index in [2.05, 4.69) is 18.4 Å². The molecule has 2 nitrogen and oxygen atoms in total. The van der Waals surface area contributed by atoms with E-state index in [1.807, 2.05) is 6.92 Å². The van der Waals surface area contributed by atoms with Crippen molar-refractivity contribution < 1.29 is 9.53 Å². The van der Waals surface area contributed by atoms with E-state index in [0.29, 0.717) is 6.61 Å². The van der Waals surface area contributed by atoms with Crippen LogP contribution < -0.4 is 0 Å². The summed E-state index contributed by atoms with van der Waals surface area (Å²) < 4.78 is 4.76. The average molecular weight is 152 g/mol. The van der Waals surface area contributed by atoms with Crippen molar-refractivity contribution in [3.8, 4) is 11.8 Å². The summed E-state index contributed by atoms with van der Waals surface area (Å²) in [7, 11) is 0. The standard InChI is InChI=1S/C9H12O2/c1-4-6-8(3)9(10)11-7-5-2/h3,5,7H2,1-2H3. The molecule has 0 aliphatic rings. The van der Waals surface area contributed by atoms with Gasteiger partial charge in [0.1, 0.15) is 5.57 Å². The Kier molecular flexibility index (Phi) is 4.93. The van der Waals surface area contributed by atoms with Crippen LogP contribution in [0.5, 0.6) is 0 Å². The van der Waals surface area contributed by atoms with Crippen LogP contribution in [0.3, 0.4) is 0 Å². The highest BCUT2D eigenvalue weighted by molar-refractivity contribution is 5.92. The second-order valence-corrected chi connectivity index (χ2v) is 1.99. The fraction of sp³-hybridized carbons (Fsp3) is 0.444. The van der Waals surface area contributed by atoms with Crippen LogP contribution in [0.15, 0.2) is 12.2 Å². The first-order valence-corrected chi connectivity index (χ1v) is 3.51. The third-order valence-electron chi connectivity index (χ3n) is 0.960. The first-order chi connectivity index (χ1) is 5.22. The molecule has 0 aromatic rings. The van der Waals surface area contributed by atoms with Gasteiger partial charge in [-0.05, 0) is 13.3 Å². The van der Waals surface area contributed by atoms with Crippen molar-refractivity contribution in [3.63, 3.8) is 0 Å². The molecule has 0 saturated carbocycles. The smallest absolute Gasteiger partial charge is 0.346 e. The second-order valence-electron chi connectivity index (χ2n) is 1.99. The molecule has 0 aromatic heterocycles. The van der Waals surface area contributed by atoms with Gasteiger partial charge in [-0.1, -0.05) is 19.4 Å². The Bertz CT molecular complexity index is 205. The number of hydrogen-bond acceptors (Lipinski definition) is 2. The van der Waals surface area contributed by atoms with E-state index < -0.39 is 5.97 Å². The molecule has 0 aromatic carbocycles. The highest BCUT2D eigenvalue weighted by Crippen LogP contribution is 1.92. The molecule has 0 bridgehead atoms. The van der Waals surface area contributed by atoms with E-state index in [0.717, 1.165) is 6.42 Å². The highest BCUT2D eigenvalue weighted by atomic mass is 16.5. The van der Waals surface area contributed by atoms with Crippen LogP contribution in [-0.4, -0.2) is 12.6 Å². The second kappa shape index (κ2) is 5.55. The third-order valence-corrected chi connectivity index (χ3v) is 0.960. The largest absolute Gasteiger partial charge is 0.462 e. The van der Waals surface area contributed by atoms with Gasteiger partial charge in [0.2, 0.25) is 0 Å². The van der Waals surface area contributed by atoms with Crippen molar-refractivity contribution in [2.75, 3.05) is 6.61 Å². The fourth-order valence-corrected chi connectivity index (χ4v) is 0.484. The summed E-state index contributed by atoms with van der Waals surface area (Å²) in [6.45, 7) is 7.47. The molecular weight excluding hydrogens is 140 g/mol. The summed E-state index contributed by atoms with van der Waals surface area (Å²) in [5, 5.41) is 0. The van der Waals surface area contributed by atoms with Crippen LogP contribution >= 0.6 is 0 Å². The summed E-state index contributed by atoms with van der Waals surface area (Å²) in [4.78, 5) is 10.9. The van der Waals surface area contributed by atoms with Crippen molar-refractivity contribution in [2.45, 2.75) is 20.3 Å². The lowest BCUT2D eigenvalue weighted by atomic mass is 10.3. The quantitative estimate of drug-likeness (QED) is 0.348. The van der Waals surface area contributed by atoms with Gasteiger partial charge < -0.3 is 4.74 Å². The van der Waals surface area contributed by atoms with Crippen LogP contribution in [0, 0.1) is 11.8 Å². The van der Waals surface area contributed by atoms with Crippen LogP contribution in [0.1, 0.15) is 20.3 Å². The third kappa shape index (κ3) is 4.21. The van der Waals surface area contributed by atoms with Gasteiger partial charge in [-0.25, -0.2) is 4.79 Å². The number of ether oxygens (including phenoxy) is 1. The molecule has 0 rings (SSSR count). The Hall–Kier alpha value is -1.23. The zero-order valence-electron chi connectivity index (χ0n) is 6.94. The maximum absolute atomic E-state index is 10.9. The molecule has 0 spiro atoms. The van der Waals surface area contributed by atoms with Crippen molar-refractivity contribution in [1.82, 2.24) is 0 Å². The number of esters is 1. The summed E-state index contributed by atoms with van der Waals surface area (Å²) in [6, 6.07) is 0. The molecule has 0 fully saturated rings. The van der Waals surface area contributed by atoms with E-state index in [-0.39, 0.29) is 5.57 Å². The highest BCUT2D eigenvalue weighted by Gasteiger charge is 2.03. The average Bonchev–Trinajstić information content (AvgIpc) is 2.00. The molecule has 0 radical (unpaired) electrons. The predicted molar refractivity (Wildman–Crippen MR) is 43.8 cm³/mol. The number of carbonyl (C=O) groups is 1. The Morgan fingerprint density at radius 2 is 2.27 bits per heavy atom. The van der Waals surface area contributed by atoms with Crippen molar-refractivity contribution in [2.24, 2.45) is 0 Å². The maximum atomic E-state index is 10.9. The van der Waals surface area contributed by atoms with Gasteiger partial charge in [-0.3, -0.25) is 0 Å². The minimum absolute atomic E-state index is 0.223. The minimum atomic E-state index is -0.416. The first-order valence-electron chi connectivity index (χ1n) is 3.51. The van der Waals surface area contributed by atoms with Crippen LogP contribution in [-0.2, 0) is 9.53 Å². The molecule has 0 atom stereocenters. The topological polar surface area (TPSA) is 26.3 Å². The lowest BCUT2D eigenvalue weighted by molar-refractivity contribution is -0.138. The van der Waals surface area contributed by atoms with Crippen molar-refractivity contribution in [3.05, 3.63) is 12.2 Å². The van der Waals surface area contributed by atoms with E-state index in [1.165, 1.54) is 0 Å². The Morgan fingerprint density at radius 3 is 2.73 bits per heavy atom. The van der Waals surface area contributed by atoms with Crippen LogP contribution in [0.2, 0.25) is 0 Å². The monoisotopic (exact) mass is 152 g/mol. The lowest BCUT2D eigenvalue weighted by Gasteiger charge is -1.99. The molecule has 0 aliphatic heterocycles. The zero-order valence-corrected chi connectivity index (χ0v) is 6.94. The van der Waals surface area contributed by atoms with E-state index >= 15 is 0 Å². The van der Waals surface area contributed by atoms with E-state index in [9.17, 15) is 4.79 Å². The first kappa shape index (κ1) is 9.77. The lowest BCUT2D eigenvalue weighted by Crippen LogP contribution is -2.06. The number of hydrogen-bond donors (Lipinski definition) is 0. The van der Waals surface area contributed by atoms with Gasteiger partial charge >= 0.3 is 5.97 Å². The van der Waals surface area contributed by atoms with Gasteiger partial charge in [-0.15, -0.1) is 5.92 Å². The summed E-state index contributed by atoms with van der Waals surface area (Å²) in [5.74, 6) is 4.69. The molecule has 0 heterocycles. The normalized spacial score (nSPS) is 7.82. The van der Waals surface area contributed by atoms with Crippen LogP contribution in [0.25, 0.3) is 0 Å². The molecule has 60 valence electrons.